The van der Waals surface area contributed by atoms with Gasteiger partial charge in [0.25, 0.3) is 0 Å². The monoisotopic (exact) mass is 392 g/mol. The van der Waals surface area contributed by atoms with Crippen molar-refractivity contribution in [3.8, 4) is 0 Å². The molecule has 1 heterocycles. The molecular weight excluding hydrogens is 360 g/mol. The van der Waals surface area contributed by atoms with E-state index in [-0.39, 0.29) is 11.9 Å². The van der Waals surface area contributed by atoms with Crippen molar-refractivity contribution in [2.75, 3.05) is 6.54 Å². The Kier molecular flexibility index (Phi) is 6.70. The van der Waals surface area contributed by atoms with Gasteiger partial charge in [-0.3, -0.25) is 9.48 Å². The van der Waals surface area contributed by atoms with E-state index in [1.807, 2.05) is 25.1 Å². The smallest absolute Gasteiger partial charge is 0.220 e. The number of nitrogens with two attached hydrogens (primary N) is 1. The first-order chi connectivity index (χ1) is 13.9. The van der Waals surface area contributed by atoms with Crippen molar-refractivity contribution in [2.24, 2.45) is 11.7 Å². The molecule has 2 aromatic carbocycles. The van der Waals surface area contributed by atoms with Gasteiger partial charge in [-0.05, 0) is 54.2 Å². The normalized spacial score (nSPS) is 12.5. The zero-order chi connectivity index (χ0) is 21.0. The summed E-state index contributed by atoms with van der Waals surface area (Å²) < 4.78 is 2.06. The molecule has 1 atom stereocenters. The maximum atomic E-state index is 12.6. The third-order valence-electron chi connectivity index (χ3n) is 5.42. The number of aryl methyl sites for hydroxylation is 1. The van der Waals surface area contributed by atoms with Gasteiger partial charge in [-0.1, -0.05) is 50.2 Å². The number of aromatic nitrogens is 2. The number of amides is 1. The van der Waals surface area contributed by atoms with Crippen LogP contribution in [-0.2, 0) is 17.8 Å². The van der Waals surface area contributed by atoms with Crippen molar-refractivity contribution >= 4 is 16.7 Å². The quantitative estimate of drug-likeness (QED) is 0.607. The van der Waals surface area contributed by atoms with Gasteiger partial charge in [0, 0.05) is 25.2 Å². The van der Waals surface area contributed by atoms with Crippen molar-refractivity contribution in [3.63, 3.8) is 0 Å². The molecule has 0 saturated heterocycles. The Morgan fingerprint density at radius 2 is 1.86 bits per heavy atom. The molecule has 0 aliphatic carbocycles. The highest BCUT2D eigenvalue weighted by Crippen LogP contribution is 2.21. The van der Waals surface area contributed by atoms with Gasteiger partial charge >= 0.3 is 0 Å². The summed E-state index contributed by atoms with van der Waals surface area (Å²) in [6.45, 7) is 9.75. The Bertz CT molecular complexity index is 990. The lowest BCUT2D eigenvalue weighted by Gasteiger charge is -2.18. The van der Waals surface area contributed by atoms with Crippen LogP contribution >= 0.6 is 0 Å². The molecule has 1 amide bonds. The Morgan fingerprint density at radius 3 is 2.55 bits per heavy atom. The third kappa shape index (κ3) is 5.04. The van der Waals surface area contributed by atoms with E-state index in [0.29, 0.717) is 25.3 Å². The number of nitrogens with zero attached hydrogens (tertiary/aromatic N) is 2. The van der Waals surface area contributed by atoms with Gasteiger partial charge in [0.2, 0.25) is 5.91 Å². The zero-order valence-corrected chi connectivity index (χ0v) is 17.9. The number of hydrogen-bond donors (Lipinski definition) is 2. The third-order valence-corrected chi connectivity index (χ3v) is 5.42. The van der Waals surface area contributed by atoms with Crippen molar-refractivity contribution in [1.29, 1.82) is 0 Å². The van der Waals surface area contributed by atoms with Crippen LogP contribution in [0.3, 0.4) is 0 Å². The first-order valence-corrected chi connectivity index (χ1v) is 10.4. The summed E-state index contributed by atoms with van der Waals surface area (Å²) in [4.78, 5) is 12.6. The number of carbonyl (C=O) groups excluding carboxylic acids is 1. The van der Waals surface area contributed by atoms with Crippen LogP contribution in [0.1, 0.15) is 48.8 Å². The van der Waals surface area contributed by atoms with E-state index in [1.165, 1.54) is 10.9 Å². The minimum absolute atomic E-state index is 0.0176. The molecule has 1 unspecified atom stereocenters. The second-order valence-electron chi connectivity index (χ2n) is 8.19. The average molecular weight is 393 g/mol. The Morgan fingerprint density at radius 1 is 1.14 bits per heavy atom. The molecular formula is C24H32N4O. The lowest BCUT2D eigenvalue weighted by atomic mass is 10.0. The van der Waals surface area contributed by atoms with Crippen LogP contribution in [-0.4, -0.2) is 22.2 Å². The van der Waals surface area contributed by atoms with Crippen molar-refractivity contribution in [2.45, 2.75) is 53.1 Å². The topological polar surface area (TPSA) is 72.9 Å². The molecule has 3 N–H and O–H groups in total. The highest BCUT2D eigenvalue weighted by atomic mass is 16.1. The van der Waals surface area contributed by atoms with Crippen LogP contribution in [0.25, 0.3) is 10.8 Å². The van der Waals surface area contributed by atoms with Crippen LogP contribution in [0.15, 0.2) is 42.5 Å². The minimum Gasteiger partial charge on any atom is -0.348 e. The molecule has 3 rings (SSSR count). The molecule has 0 saturated carbocycles. The molecule has 5 heteroatoms. The second-order valence-corrected chi connectivity index (χ2v) is 8.19. The molecule has 0 bridgehead atoms. The lowest BCUT2D eigenvalue weighted by Crippen LogP contribution is -2.33. The van der Waals surface area contributed by atoms with Gasteiger partial charge in [0.1, 0.15) is 0 Å². The van der Waals surface area contributed by atoms with Crippen molar-refractivity contribution in [3.05, 3.63) is 65.0 Å². The van der Waals surface area contributed by atoms with E-state index < -0.39 is 0 Å². The predicted molar refractivity (Wildman–Crippen MR) is 119 cm³/mol. The van der Waals surface area contributed by atoms with Crippen LogP contribution < -0.4 is 11.1 Å². The van der Waals surface area contributed by atoms with E-state index in [4.69, 9.17) is 5.73 Å². The van der Waals surface area contributed by atoms with E-state index in [9.17, 15) is 4.79 Å². The average Bonchev–Trinajstić information content (AvgIpc) is 2.96. The molecule has 0 radical (unpaired) electrons. The highest BCUT2D eigenvalue weighted by molar-refractivity contribution is 5.83. The summed E-state index contributed by atoms with van der Waals surface area (Å²) in [6, 6.07) is 14.3. The van der Waals surface area contributed by atoms with Gasteiger partial charge < -0.3 is 11.1 Å². The van der Waals surface area contributed by atoms with Gasteiger partial charge in [-0.15, -0.1) is 0 Å². The summed E-state index contributed by atoms with van der Waals surface area (Å²) in [5, 5.41) is 10.1. The number of benzene rings is 2. The zero-order valence-electron chi connectivity index (χ0n) is 17.9. The Balaban J connectivity index is 1.65. The van der Waals surface area contributed by atoms with Crippen LogP contribution in [0.2, 0.25) is 0 Å². The van der Waals surface area contributed by atoms with Crippen LogP contribution in [0, 0.1) is 19.8 Å². The summed E-state index contributed by atoms with van der Waals surface area (Å²) >= 11 is 0. The summed E-state index contributed by atoms with van der Waals surface area (Å²) in [6.07, 6.45) is 1.12. The molecule has 0 aliphatic heterocycles. The fourth-order valence-electron chi connectivity index (χ4n) is 3.83. The maximum absolute atomic E-state index is 12.6. The van der Waals surface area contributed by atoms with Crippen molar-refractivity contribution in [1.82, 2.24) is 15.1 Å². The SMILES string of the molecule is Cc1nn(CC(C)C)c(C)c1CCC(=O)NC(CN)c1ccc2ccccc2c1. The first-order valence-electron chi connectivity index (χ1n) is 10.4. The lowest BCUT2D eigenvalue weighted by molar-refractivity contribution is -0.121. The highest BCUT2D eigenvalue weighted by Gasteiger charge is 2.16. The van der Waals surface area contributed by atoms with E-state index >= 15 is 0 Å². The van der Waals surface area contributed by atoms with E-state index in [0.717, 1.165) is 28.9 Å². The molecule has 0 spiro atoms. The van der Waals surface area contributed by atoms with Gasteiger partial charge in [-0.25, -0.2) is 0 Å². The molecule has 0 aliphatic rings. The molecule has 1 aromatic heterocycles. The van der Waals surface area contributed by atoms with Gasteiger partial charge in [0.05, 0.1) is 11.7 Å². The summed E-state index contributed by atoms with van der Waals surface area (Å²) in [7, 11) is 0. The fraction of sp³-hybridized carbons (Fsp3) is 0.417. The Labute approximate surface area is 173 Å². The molecule has 5 nitrogen and oxygen atoms in total. The number of carbonyl (C=O) groups is 1. The van der Waals surface area contributed by atoms with Crippen LogP contribution in [0.5, 0.6) is 0 Å². The number of rotatable bonds is 8. The molecule has 3 aromatic rings. The Hall–Kier alpha value is -2.66. The standard InChI is InChI=1S/C24H32N4O/c1-16(2)15-28-18(4)22(17(3)27-28)11-12-24(29)26-23(14-25)21-10-9-19-7-5-6-8-20(19)13-21/h5-10,13,16,23H,11-12,14-15,25H2,1-4H3,(H,26,29). The van der Waals surface area contributed by atoms with Gasteiger partial charge in [0.15, 0.2) is 0 Å². The molecule has 0 fully saturated rings. The second kappa shape index (κ2) is 9.23. The number of nitrogens with one attached hydrogen (secondary N) is 1. The van der Waals surface area contributed by atoms with E-state index in [1.54, 1.807) is 0 Å². The van der Waals surface area contributed by atoms with Gasteiger partial charge in [-0.2, -0.15) is 5.10 Å². The van der Waals surface area contributed by atoms with E-state index in [2.05, 4.69) is 60.1 Å². The maximum Gasteiger partial charge on any atom is 0.220 e. The summed E-state index contributed by atoms with van der Waals surface area (Å²) in [5.41, 5.74) is 10.4. The van der Waals surface area contributed by atoms with Crippen LogP contribution in [0.4, 0.5) is 0 Å². The first kappa shape index (κ1) is 21.1. The fourth-order valence-corrected chi connectivity index (χ4v) is 3.83. The summed E-state index contributed by atoms with van der Waals surface area (Å²) in [5.74, 6) is 0.556. The minimum atomic E-state index is -0.182. The predicted octanol–water partition coefficient (Wildman–Crippen LogP) is 4.06. The van der Waals surface area contributed by atoms with Crippen molar-refractivity contribution < 1.29 is 4.79 Å². The molecule has 29 heavy (non-hydrogen) atoms. The number of fused-ring (bicyclic) bond motifs is 1. The molecule has 154 valence electrons. The largest absolute Gasteiger partial charge is 0.348 e. The number of hydrogen-bond acceptors (Lipinski definition) is 3.